The molecule has 3 N–H and O–H groups in total. The number of amides is 1. The highest BCUT2D eigenvalue weighted by Gasteiger charge is 2.11. The Morgan fingerprint density at radius 1 is 1.55 bits per heavy atom. The number of aryl methyl sites for hydroxylation is 1. The summed E-state index contributed by atoms with van der Waals surface area (Å²) in [6.45, 7) is 1.87. The maximum atomic E-state index is 12.0. The van der Waals surface area contributed by atoms with Gasteiger partial charge in [-0.15, -0.1) is 11.3 Å². The summed E-state index contributed by atoms with van der Waals surface area (Å²) in [5, 5.41) is 12.4. The lowest BCUT2D eigenvalue weighted by Crippen LogP contribution is -2.14. The maximum absolute atomic E-state index is 12.0. The van der Waals surface area contributed by atoms with Crippen molar-refractivity contribution in [1.82, 2.24) is 4.98 Å². The summed E-state index contributed by atoms with van der Waals surface area (Å²) in [5.74, 6) is 0.339. The van der Waals surface area contributed by atoms with Crippen molar-refractivity contribution in [2.75, 3.05) is 12.4 Å². The SMILES string of the molecule is COc1ccc(O)c(NC(=O)Cc2sc(=S)[nH]c2C)c1. The minimum Gasteiger partial charge on any atom is -0.506 e. The smallest absolute Gasteiger partial charge is 0.229 e. The van der Waals surface area contributed by atoms with E-state index in [1.807, 2.05) is 6.92 Å². The van der Waals surface area contributed by atoms with Gasteiger partial charge in [0.05, 0.1) is 19.2 Å². The first-order chi connectivity index (χ1) is 9.49. The number of phenols is 1. The molecule has 0 aliphatic heterocycles. The molecule has 1 aromatic carbocycles. The molecule has 1 aromatic heterocycles. The molecule has 5 nitrogen and oxygen atoms in total. The lowest BCUT2D eigenvalue weighted by molar-refractivity contribution is -0.115. The van der Waals surface area contributed by atoms with Crippen molar-refractivity contribution in [3.8, 4) is 11.5 Å². The molecular formula is C13H14N2O3S2. The zero-order valence-electron chi connectivity index (χ0n) is 11.0. The number of carbonyl (C=O) groups excluding carboxylic acids is 1. The molecule has 0 aliphatic carbocycles. The van der Waals surface area contributed by atoms with Gasteiger partial charge in [-0.25, -0.2) is 0 Å². The standard InChI is InChI=1S/C13H14N2O3S2/c1-7-11(20-13(19)14-7)6-12(17)15-9-5-8(18-2)3-4-10(9)16/h3-5,16H,6H2,1-2H3,(H,14,19)(H,15,17). The summed E-state index contributed by atoms with van der Waals surface area (Å²) >= 11 is 6.41. The van der Waals surface area contributed by atoms with Crippen LogP contribution in [0.15, 0.2) is 18.2 Å². The number of benzene rings is 1. The van der Waals surface area contributed by atoms with Crippen molar-refractivity contribution in [3.05, 3.63) is 32.7 Å². The Labute approximate surface area is 125 Å². The van der Waals surface area contributed by atoms with Gasteiger partial charge in [0, 0.05) is 16.6 Å². The van der Waals surface area contributed by atoms with Crippen LogP contribution in [0.25, 0.3) is 0 Å². The summed E-state index contributed by atoms with van der Waals surface area (Å²) < 4.78 is 5.70. The van der Waals surface area contributed by atoms with E-state index in [2.05, 4.69) is 10.3 Å². The summed E-state index contributed by atoms with van der Waals surface area (Å²) in [4.78, 5) is 15.9. The first kappa shape index (κ1) is 14.5. The molecule has 0 aliphatic rings. The van der Waals surface area contributed by atoms with E-state index in [-0.39, 0.29) is 18.1 Å². The van der Waals surface area contributed by atoms with Gasteiger partial charge in [0.15, 0.2) is 3.95 Å². The molecule has 20 heavy (non-hydrogen) atoms. The average molecular weight is 310 g/mol. The number of aromatic nitrogens is 1. The van der Waals surface area contributed by atoms with Gasteiger partial charge >= 0.3 is 0 Å². The average Bonchev–Trinajstić information content (AvgIpc) is 2.70. The molecule has 106 valence electrons. The molecule has 0 radical (unpaired) electrons. The van der Waals surface area contributed by atoms with E-state index in [1.54, 1.807) is 12.1 Å². The number of carbonyl (C=O) groups is 1. The minimum absolute atomic E-state index is 0.00225. The molecule has 0 saturated carbocycles. The number of methoxy groups -OCH3 is 1. The van der Waals surface area contributed by atoms with E-state index >= 15 is 0 Å². The number of aromatic hydroxyl groups is 1. The van der Waals surface area contributed by atoms with Crippen LogP contribution in [0.1, 0.15) is 10.6 Å². The number of H-pyrrole nitrogens is 1. The minimum atomic E-state index is -0.220. The van der Waals surface area contributed by atoms with E-state index in [0.717, 1.165) is 10.6 Å². The second-order valence-electron chi connectivity index (χ2n) is 4.17. The number of ether oxygens (including phenoxy) is 1. The number of anilines is 1. The third kappa shape index (κ3) is 3.37. The summed E-state index contributed by atoms with van der Waals surface area (Å²) in [7, 11) is 1.52. The lowest BCUT2D eigenvalue weighted by atomic mass is 10.2. The molecule has 2 rings (SSSR count). The fraction of sp³-hybridized carbons (Fsp3) is 0.231. The molecule has 0 bridgehead atoms. The van der Waals surface area contributed by atoms with Crippen LogP contribution in [-0.2, 0) is 11.2 Å². The quantitative estimate of drug-likeness (QED) is 0.599. The van der Waals surface area contributed by atoms with Crippen LogP contribution in [0.3, 0.4) is 0 Å². The van der Waals surface area contributed by atoms with E-state index in [1.165, 1.54) is 24.5 Å². The molecule has 2 aromatic rings. The Kier molecular flexibility index (Phi) is 4.41. The van der Waals surface area contributed by atoms with Crippen LogP contribution in [0.5, 0.6) is 11.5 Å². The first-order valence-electron chi connectivity index (χ1n) is 5.85. The predicted molar refractivity (Wildman–Crippen MR) is 81.2 cm³/mol. The van der Waals surface area contributed by atoms with Gasteiger partial charge in [0.25, 0.3) is 0 Å². The van der Waals surface area contributed by atoms with E-state index < -0.39 is 0 Å². The van der Waals surface area contributed by atoms with Gasteiger partial charge in [0.2, 0.25) is 5.91 Å². The van der Waals surface area contributed by atoms with Crippen molar-refractivity contribution in [2.24, 2.45) is 0 Å². The fourth-order valence-electron chi connectivity index (χ4n) is 1.69. The van der Waals surface area contributed by atoms with Crippen LogP contribution < -0.4 is 10.1 Å². The van der Waals surface area contributed by atoms with Gasteiger partial charge in [-0.3, -0.25) is 4.79 Å². The van der Waals surface area contributed by atoms with Crippen molar-refractivity contribution in [2.45, 2.75) is 13.3 Å². The van der Waals surface area contributed by atoms with Crippen LogP contribution in [0.4, 0.5) is 5.69 Å². The second kappa shape index (κ2) is 6.06. The summed E-state index contributed by atoms with van der Waals surface area (Å²) in [6, 6.07) is 4.66. The number of hydrogen-bond acceptors (Lipinski definition) is 5. The molecule has 1 heterocycles. The van der Waals surface area contributed by atoms with Gasteiger partial charge in [-0.2, -0.15) is 0 Å². The second-order valence-corrected chi connectivity index (χ2v) is 5.94. The molecule has 0 atom stereocenters. The normalized spacial score (nSPS) is 10.3. The van der Waals surface area contributed by atoms with Crippen LogP contribution in [-0.4, -0.2) is 23.1 Å². The Bertz CT molecular complexity index is 691. The zero-order valence-corrected chi connectivity index (χ0v) is 12.7. The van der Waals surface area contributed by atoms with Gasteiger partial charge in [0.1, 0.15) is 11.5 Å². The van der Waals surface area contributed by atoms with Crippen molar-refractivity contribution < 1.29 is 14.6 Å². The molecule has 0 spiro atoms. The first-order valence-corrected chi connectivity index (χ1v) is 7.07. The molecule has 0 unspecified atom stereocenters. The van der Waals surface area contributed by atoms with Crippen LogP contribution in [0, 0.1) is 10.9 Å². The zero-order chi connectivity index (χ0) is 14.7. The Hall–Kier alpha value is -1.86. The van der Waals surface area contributed by atoms with Crippen LogP contribution in [0.2, 0.25) is 0 Å². The molecular weight excluding hydrogens is 296 g/mol. The number of phenolic OH excluding ortho intramolecular Hbond substituents is 1. The topological polar surface area (TPSA) is 74.3 Å². The fourth-order valence-corrected chi connectivity index (χ4v) is 2.98. The van der Waals surface area contributed by atoms with Gasteiger partial charge < -0.3 is 20.1 Å². The Morgan fingerprint density at radius 2 is 2.30 bits per heavy atom. The third-order valence-corrected chi connectivity index (χ3v) is 4.06. The third-order valence-electron chi connectivity index (χ3n) is 2.72. The van der Waals surface area contributed by atoms with Gasteiger partial charge in [-0.1, -0.05) is 0 Å². The number of thiazole rings is 1. The van der Waals surface area contributed by atoms with Crippen LogP contribution >= 0.6 is 23.6 Å². The largest absolute Gasteiger partial charge is 0.506 e. The van der Waals surface area contributed by atoms with E-state index in [4.69, 9.17) is 17.0 Å². The molecule has 0 saturated heterocycles. The molecule has 7 heteroatoms. The highest BCUT2D eigenvalue weighted by Crippen LogP contribution is 2.28. The monoisotopic (exact) mass is 310 g/mol. The predicted octanol–water partition coefficient (Wildman–Crippen LogP) is 3.01. The number of hydrogen-bond donors (Lipinski definition) is 3. The Morgan fingerprint density at radius 3 is 2.90 bits per heavy atom. The van der Waals surface area contributed by atoms with E-state index in [0.29, 0.717) is 15.4 Å². The van der Waals surface area contributed by atoms with Gasteiger partial charge in [-0.05, 0) is 31.3 Å². The number of rotatable bonds is 4. The van der Waals surface area contributed by atoms with Crippen molar-refractivity contribution >= 4 is 35.1 Å². The highest BCUT2D eigenvalue weighted by atomic mass is 32.1. The lowest BCUT2D eigenvalue weighted by Gasteiger charge is -2.08. The van der Waals surface area contributed by atoms with Crippen molar-refractivity contribution in [3.63, 3.8) is 0 Å². The highest BCUT2D eigenvalue weighted by molar-refractivity contribution is 7.73. The molecule has 1 amide bonds. The molecule has 0 fully saturated rings. The summed E-state index contributed by atoms with van der Waals surface area (Å²) in [6.07, 6.45) is 0.209. The van der Waals surface area contributed by atoms with E-state index in [9.17, 15) is 9.90 Å². The number of nitrogens with one attached hydrogen (secondary N) is 2. The number of aromatic amines is 1. The maximum Gasteiger partial charge on any atom is 0.229 e. The Balaban J connectivity index is 2.12. The summed E-state index contributed by atoms with van der Waals surface area (Å²) in [5.41, 5.74) is 1.22. The van der Waals surface area contributed by atoms with Crippen molar-refractivity contribution in [1.29, 1.82) is 0 Å².